The van der Waals surface area contributed by atoms with Gasteiger partial charge in [-0.15, -0.1) is 0 Å². The second kappa shape index (κ2) is 9.94. The summed E-state index contributed by atoms with van der Waals surface area (Å²) in [5.41, 5.74) is 7.85. The fraction of sp³-hybridized carbons (Fsp3) is 0. The zero-order valence-electron chi connectivity index (χ0n) is 23.1. The van der Waals surface area contributed by atoms with E-state index in [1.807, 2.05) is 6.07 Å². The Bertz CT molecular complexity index is 2330. The molecule has 8 rings (SSSR count). The van der Waals surface area contributed by atoms with Gasteiger partial charge < -0.3 is 0 Å². The first-order chi connectivity index (χ1) is 20.8. The maximum atomic E-state index is 4.87. The van der Waals surface area contributed by atoms with Gasteiger partial charge in [-0.2, -0.15) is 0 Å². The number of pyridine rings is 1. The van der Waals surface area contributed by atoms with Crippen LogP contribution in [0.4, 0.5) is 0 Å². The third kappa shape index (κ3) is 4.04. The van der Waals surface area contributed by atoms with Crippen molar-refractivity contribution in [3.8, 4) is 33.5 Å². The molecule has 0 radical (unpaired) electrons. The summed E-state index contributed by atoms with van der Waals surface area (Å²) in [6.07, 6.45) is 0. The van der Waals surface area contributed by atoms with Crippen molar-refractivity contribution in [3.05, 3.63) is 146 Å². The van der Waals surface area contributed by atoms with Crippen LogP contribution in [0.3, 0.4) is 0 Å². The topological polar surface area (TPSA) is 12.9 Å². The van der Waals surface area contributed by atoms with Gasteiger partial charge in [0.05, 0.1) is 0 Å². The summed E-state index contributed by atoms with van der Waals surface area (Å²) < 4.78 is 0. The van der Waals surface area contributed by atoms with E-state index in [9.17, 15) is 0 Å². The third-order valence-corrected chi connectivity index (χ3v) is 8.38. The molecular formula is C40H26BN. The van der Waals surface area contributed by atoms with Gasteiger partial charge in [-0.05, 0) is 0 Å². The van der Waals surface area contributed by atoms with E-state index in [0.29, 0.717) is 0 Å². The Morgan fingerprint density at radius 2 is 0.929 bits per heavy atom. The van der Waals surface area contributed by atoms with Crippen LogP contribution in [-0.2, 0) is 0 Å². The van der Waals surface area contributed by atoms with Crippen LogP contribution in [0.2, 0.25) is 0 Å². The molecule has 0 aliphatic rings. The molecule has 7 aromatic carbocycles. The number of aromatic nitrogens is 1. The van der Waals surface area contributed by atoms with Crippen molar-refractivity contribution in [1.29, 1.82) is 0 Å². The molecule has 0 fully saturated rings. The molecule has 0 saturated carbocycles. The Labute approximate surface area is 245 Å². The van der Waals surface area contributed by atoms with Crippen molar-refractivity contribution in [2.45, 2.75) is 0 Å². The minimum atomic E-state index is 0.873. The molecule has 2 heteroatoms. The number of hydrogen-bond donors (Lipinski definition) is 0. The summed E-state index contributed by atoms with van der Waals surface area (Å²) >= 11 is 0. The standard InChI is InChI=1S/C40H26BN/c1-41-38-16-8-15-37(42-38)30-21-22-35-36(25-30)40(32-20-18-27-10-3-5-12-29(27)24-32)34-14-7-6-13-33(34)39(35)31-19-17-26-9-2-4-11-28(26)23-31/h2-25H,1H2. The average Bonchev–Trinajstić information content (AvgIpc) is 3.06. The molecule has 1 nitrogen and oxygen atoms in total. The molecule has 0 spiro atoms. The Balaban J connectivity index is 1.50. The number of rotatable bonds is 4. The zero-order valence-corrected chi connectivity index (χ0v) is 23.1. The van der Waals surface area contributed by atoms with Crippen molar-refractivity contribution in [1.82, 2.24) is 4.98 Å². The van der Waals surface area contributed by atoms with E-state index in [1.54, 1.807) is 6.92 Å². The average molecular weight is 531 g/mol. The van der Waals surface area contributed by atoms with Gasteiger partial charge in [0.25, 0.3) is 0 Å². The molecule has 0 bridgehead atoms. The fourth-order valence-electron chi connectivity index (χ4n) is 6.38. The molecule has 0 unspecified atom stereocenters. The molecule has 42 heavy (non-hydrogen) atoms. The zero-order chi connectivity index (χ0) is 28.0. The van der Waals surface area contributed by atoms with Crippen LogP contribution < -0.4 is 5.59 Å². The number of nitrogens with zero attached hydrogens (tertiary/aromatic N) is 1. The van der Waals surface area contributed by atoms with Gasteiger partial charge in [-0.3, -0.25) is 0 Å². The van der Waals surface area contributed by atoms with Crippen LogP contribution in [-0.4, -0.2) is 18.4 Å². The molecular weight excluding hydrogens is 505 g/mol. The van der Waals surface area contributed by atoms with Crippen molar-refractivity contribution < 1.29 is 0 Å². The first-order valence-corrected chi connectivity index (χ1v) is 14.3. The van der Waals surface area contributed by atoms with Crippen molar-refractivity contribution in [2.75, 3.05) is 0 Å². The van der Waals surface area contributed by atoms with Gasteiger partial charge in [0.1, 0.15) is 0 Å². The molecule has 0 atom stereocenters. The molecule has 1 heterocycles. The van der Waals surface area contributed by atoms with E-state index in [4.69, 9.17) is 4.98 Å². The second-order valence-electron chi connectivity index (χ2n) is 10.8. The molecule has 0 N–H and O–H groups in total. The molecule has 0 aliphatic heterocycles. The monoisotopic (exact) mass is 531 g/mol. The summed E-state index contributed by atoms with van der Waals surface area (Å²) in [6.45, 7) is 5.73. The van der Waals surface area contributed by atoms with Crippen LogP contribution in [0.25, 0.3) is 76.6 Å². The van der Waals surface area contributed by atoms with Crippen LogP contribution in [0, 0.1) is 0 Å². The number of hydrogen-bond acceptors (Lipinski definition) is 1. The summed E-state index contributed by atoms with van der Waals surface area (Å²) in [5.74, 6) is 0. The Morgan fingerprint density at radius 1 is 0.405 bits per heavy atom. The predicted octanol–water partition coefficient (Wildman–Crippen LogP) is 9.46. The van der Waals surface area contributed by atoms with Crippen LogP contribution in [0.5, 0.6) is 0 Å². The van der Waals surface area contributed by atoms with Crippen LogP contribution >= 0.6 is 0 Å². The van der Waals surface area contributed by atoms with Gasteiger partial charge in [0.15, 0.2) is 0 Å². The molecule has 0 saturated heterocycles. The third-order valence-electron chi connectivity index (χ3n) is 8.38. The maximum absolute atomic E-state index is 4.87. The Kier molecular flexibility index (Phi) is 5.79. The summed E-state index contributed by atoms with van der Waals surface area (Å²) in [5, 5.41) is 9.92. The molecule has 194 valence electrons. The SMILES string of the molecule is C=Bc1cccc(-c2ccc3c(-c4ccc5ccccc5c4)c4ccccc4c(-c4ccc5ccccc5c4)c3c2)n1. The first kappa shape index (κ1) is 24.5. The van der Waals surface area contributed by atoms with E-state index in [-0.39, 0.29) is 0 Å². The van der Waals surface area contributed by atoms with E-state index in [0.717, 1.165) is 16.9 Å². The second-order valence-corrected chi connectivity index (χ2v) is 10.8. The van der Waals surface area contributed by atoms with E-state index >= 15 is 0 Å². The summed E-state index contributed by atoms with van der Waals surface area (Å²) in [6, 6.07) is 52.6. The summed E-state index contributed by atoms with van der Waals surface area (Å²) in [4.78, 5) is 4.87. The van der Waals surface area contributed by atoms with Gasteiger partial charge in [-0.25, -0.2) is 0 Å². The van der Waals surface area contributed by atoms with Crippen LogP contribution in [0.15, 0.2) is 146 Å². The predicted molar refractivity (Wildman–Crippen MR) is 183 cm³/mol. The number of benzene rings is 7. The van der Waals surface area contributed by atoms with E-state index in [2.05, 4.69) is 146 Å². The summed E-state index contributed by atoms with van der Waals surface area (Å²) in [7, 11) is 0. The fourth-order valence-corrected chi connectivity index (χ4v) is 6.38. The normalized spacial score (nSPS) is 11.3. The Morgan fingerprint density at radius 3 is 1.55 bits per heavy atom. The van der Waals surface area contributed by atoms with E-state index in [1.165, 1.54) is 65.3 Å². The number of fused-ring (bicyclic) bond motifs is 4. The molecule has 0 amide bonds. The van der Waals surface area contributed by atoms with Crippen LogP contribution in [0.1, 0.15) is 0 Å². The van der Waals surface area contributed by atoms with Gasteiger partial charge in [-0.1, -0.05) is 24.3 Å². The first-order valence-electron chi connectivity index (χ1n) is 14.3. The van der Waals surface area contributed by atoms with Crippen molar-refractivity contribution in [2.24, 2.45) is 0 Å². The molecule has 0 aliphatic carbocycles. The van der Waals surface area contributed by atoms with Gasteiger partial charge >= 0.3 is 222 Å². The van der Waals surface area contributed by atoms with Crippen molar-refractivity contribution >= 4 is 62.1 Å². The van der Waals surface area contributed by atoms with Gasteiger partial charge in [0.2, 0.25) is 0 Å². The quantitative estimate of drug-likeness (QED) is 0.163. The molecule has 8 aromatic rings. The van der Waals surface area contributed by atoms with Gasteiger partial charge in [0, 0.05) is 0 Å². The molecule has 1 aromatic heterocycles. The Hall–Kier alpha value is -5.34. The minimum absolute atomic E-state index is 0.873. The van der Waals surface area contributed by atoms with E-state index < -0.39 is 0 Å². The van der Waals surface area contributed by atoms with Crippen molar-refractivity contribution in [3.63, 3.8) is 0 Å².